The Morgan fingerprint density at radius 1 is 1.35 bits per heavy atom. The highest BCUT2D eigenvalue weighted by Gasteiger charge is 2.27. The molecule has 0 saturated carbocycles. The van der Waals surface area contributed by atoms with Gasteiger partial charge in [0, 0.05) is 31.3 Å². The fraction of sp³-hybridized carbons (Fsp3) is 0.500. The van der Waals surface area contributed by atoms with Crippen molar-refractivity contribution in [2.24, 2.45) is 5.73 Å². The van der Waals surface area contributed by atoms with Gasteiger partial charge in [-0.05, 0) is 18.4 Å². The van der Waals surface area contributed by atoms with E-state index in [0.717, 1.165) is 12.8 Å². The van der Waals surface area contributed by atoms with Crippen LogP contribution in [0.1, 0.15) is 18.4 Å². The molecule has 0 aromatic heterocycles. The van der Waals surface area contributed by atoms with Gasteiger partial charge in [0.2, 0.25) is 10.0 Å². The average Bonchev–Trinajstić information content (AvgIpc) is 2.39. The van der Waals surface area contributed by atoms with Crippen molar-refractivity contribution in [3.8, 4) is 0 Å². The molecule has 0 unspecified atom stereocenters. The van der Waals surface area contributed by atoms with Crippen LogP contribution in [0.5, 0.6) is 0 Å². The summed E-state index contributed by atoms with van der Waals surface area (Å²) in [5, 5.41) is 10.5. The first-order valence-electron chi connectivity index (χ1n) is 6.35. The zero-order chi connectivity index (χ0) is 14.8. The SMILES string of the molecule is N[C@@H]1CCCN(S(=O)(=O)Cc2ccc([N+](=O)[O-])cc2)C1. The van der Waals surface area contributed by atoms with Crippen LogP contribution in [0.2, 0.25) is 0 Å². The van der Waals surface area contributed by atoms with E-state index in [1.54, 1.807) is 0 Å². The quantitative estimate of drug-likeness (QED) is 0.655. The molecule has 1 aliphatic heterocycles. The standard InChI is InChI=1S/C12H17N3O4S/c13-11-2-1-7-14(8-11)20(18,19)9-10-3-5-12(6-4-10)15(16)17/h3-6,11H,1-2,7-9,13H2/t11-/m1/s1. The topological polar surface area (TPSA) is 107 Å². The molecule has 0 amide bonds. The molecule has 1 heterocycles. The molecule has 20 heavy (non-hydrogen) atoms. The summed E-state index contributed by atoms with van der Waals surface area (Å²) >= 11 is 0. The molecule has 8 heteroatoms. The van der Waals surface area contributed by atoms with E-state index < -0.39 is 14.9 Å². The molecular weight excluding hydrogens is 282 g/mol. The number of hydrogen-bond acceptors (Lipinski definition) is 5. The van der Waals surface area contributed by atoms with Crippen molar-refractivity contribution in [2.45, 2.75) is 24.6 Å². The lowest BCUT2D eigenvalue weighted by Gasteiger charge is -2.29. The fourth-order valence-corrected chi connectivity index (χ4v) is 3.86. The maximum atomic E-state index is 12.3. The first-order chi connectivity index (χ1) is 9.38. The Labute approximate surface area is 117 Å². The van der Waals surface area contributed by atoms with Crippen LogP contribution in [0.4, 0.5) is 5.69 Å². The van der Waals surface area contributed by atoms with Gasteiger partial charge in [-0.3, -0.25) is 10.1 Å². The molecular formula is C12H17N3O4S. The minimum Gasteiger partial charge on any atom is -0.327 e. The van der Waals surface area contributed by atoms with Crippen molar-refractivity contribution in [1.82, 2.24) is 4.31 Å². The van der Waals surface area contributed by atoms with E-state index in [0.29, 0.717) is 18.7 Å². The van der Waals surface area contributed by atoms with E-state index in [9.17, 15) is 18.5 Å². The van der Waals surface area contributed by atoms with Crippen LogP contribution in [0.15, 0.2) is 24.3 Å². The van der Waals surface area contributed by atoms with Gasteiger partial charge in [0.25, 0.3) is 5.69 Å². The minimum absolute atomic E-state index is 0.0499. The molecule has 110 valence electrons. The third-order valence-corrected chi connectivity index (χ3v) is 5.13. The lowest BCUT2D eigenvalue weighted by Crippen LogP contribution is -2.46. The van der Waals surface area contributed by atoms with Crippen molar-refractivity contribution in [3.63, 3.8) is 0 Å². The van der Waals surface area contributed by atoms with Gasteiger partial charge in [-0.25, -0.2) is 12.7 Å². The Balaban J connectivity index is 2.09. The van der Waals surface area contributed by atoms with E-state index >= 15 is 0 Å². The molecule has 1 aromatic rings. The normalized spacial score (nSPS) is 20.8. The van der Waals surface area contributed by atoms with Gasteiger partial charge in [-0.1, -0.05) is 12.1 Å². The van der Waals surface area contributed by atoms with Gasteiger partial charge in [-0.15, -0.1) is 0 Å². The highest BCUT2D eigenvalue weighted by Crippen LogP contribution is 2.18. The summed E-state index contributed by atoms with van der Waals surface area (Å²) in [5.74, 6) is -0.155. The zero-order valence-electron chi connectivity index (χ0n) is 10.9. The van der Waals surface area contributed by atoms with Crippen molar-refractivity contribution in [3.05, 3.63) is 39.9 Å². The number of nitrogens with two attached hydrogens (primary N) is 1. The average molecular weight is 299 g/mol. The van der Waals surface area contributed by atoms with E-state index in [4.69, 9.17) is 5.73 Å². The third kappa shape index (κ3) is 3.53. The lowest BCUT2D eigenvalue weighted by molar-refractivity contribution is -0.384. The second kappa shape index (κ2) is 5.86. The summed E-state index contributed by atoms with van der Waals surface area (Å²) in [4.78, 5) is 10.0. The van der Waals surface area contributed by atoms with E-state index in [1.165, 1.54) is 28.6 Å². The lowest BCUT2D eigenvalue weighted by atomic mass is 10.1. The number of benzene rings is 1. The zero-order valence-corrected chi connectivity index (χ0v) is 11.8. The Morgan fingerprint density at radius 2 is 2.00 bits per heavy atom. The maximum absolute atomic E-state index is 12.3. The number of nitro benzene ring substituents is 1. The van der Waals surface area contributed by atoms with Crippen molar-refractivity contribution in [1.29, 1.82) is 0 Å². The molecule has 0 bridgehead atoms. The Bertz CT molecular complexity index is 585. The minimum atomic E-state index is -3.42. The van der Waals surface area contributed by atoms with Crippen LogP contribution in [0.3, 0.4) is 0 Å². The Hall–Kier alpha value is -1.51. The number of sulfonamides is 1. The van der Waals surface area contributed by atoms with Gasteiger partial charge < -0.3 is 5.73 Å². The first-order valence-corrected chi connectivity index (χ1v) is 7.96. The van der Waals surface area contributed by atoms with Gasteiger partial charge in [0.15, 0.2) is 0 Å². The highest BCUT2D eigenvalue weighted by molar-refractivity contribution is 7.88. The molecule has 2 rings (SSSR count). The van der Waals surface area contributed by atoms with Gasteiger partial charge in [-0.2, -0.15) is 0 Å². The number of nitrogens with zero attached hydrogens (tertiary/aromatic N) is 2. The molecule has 1 atom stereocenters. The fourth-order valence-electron chi connectivity index (χ4n) is 2.24. The summed E-state index contributed by atoms with van der Waals surface area (Å²) in [5.41, 5.74) is 6.27. The molecule has 1 aliphatic rings. The van der Waals surface area contributed by atoms with Crippen LogP contribution in [-0.4, -0.2) is 36.8 Å². The smallest absolute Gasteiger partial charge is 0.269 e. The molecule has 0 radical (unpaired) electrons. The summed E-state index contributed by atoms with van der Waals surface area (Å²) in [7, 11) is -3.42. The van der Waals surface area contributed by atoms with Gasteiger partial charge in [0.1, 0.15) is 0 Å². The van der Waals surface area contributed by atoms with E-state index in [2.05, 4.69) is 0 Å². The second-order valence-electron chi connectivity index (χ2n) is 4.94. The third-order valence-electron chi connectivity index (χ3n) is 3.31. The van der Waals surface area contributed by atoms with Gasteiger partial charge in [0.05, 0.1) is 10.7 Å². The monoisotopic (exact) mass is 299 g/mol. The van der Waals surface area contributed by atoms with Crippen LogP contribution in [0.25, 0.3) is 0 Å². The number of nitro groups is 1. The van der Waals surface area contributed by atoms with Crippen LogP contribution in [0, 0.1) is 10.1 Å². The number of piperidine rings is 1. The Morgan fingerprint density at radius 3 is 2.55 bits per heavy atom. The molecule has 0 spiro atoms. The molecule has 0 aliphatic carbocycles. The summed E-state index contributed by atoms with van der Waals surface area (Å²) in [6.45, 7) is 0.832. The van der Waals surface area contributed by atoms with E-state index in [1.807, 2.05) is 0 Å². The number of rotatable bonds is 4. The molecule has 2 N–H and O–H groups in total. The molecule has 1 saturated heterocycles. The van der Waals surface area contributed by atoms with Crippen LogP contribution in [-0.2, 0) is 15.8 Å². The predicted octanol–water partition coefficient (Wildman–Crippen LogP) is 0.848. The summed E-state index contributed by atoms with van der Waals surface area (Å²) in [6.07, 6.45) is 1.60. The van der Waals surface area contributed by atoms with Crippen molar-refractivity contribution in [2.75, 3.05) is 13.1 Å². The van der Waals surface area contributed by atoms with E-state index in [-0.39, 0.29) is 17.5 Å². The molecule has 1 fully saturated rings. The second-order valence-corrected chi connectivity index (χ2v) is 6.91. The highest BCUT2D eigenvalue weighted by atomic mass is 32.2. The van der Waals surface area contributed by atoms with Crippen LogP contribution < -0.4 is 5.73 Å². The van der Waals surface area contributed by atoms with Crippen molar-refractivity contribution < 1.29 is 13.3 Å². The summed E-state index contributed by atoms with van der Waals surface area (Å²) in [6, 6.07) is 5.45. The number of non-ortho nitro benzene ring substituents is 1. The Kier molecular flexibility index (Phi) is 4.36. The largest absolute Gasteiger partial charge is 0.327 e. The molecule has 1 aromatic carbocycles. The predicted molar refractivity (Wildman–Crippen MR) is 74.5 cm³/mol. The first kappa shape index (κ1) is 14.9. The summed E-state index contributed by atoms with van der Waals surface area (Å²) < 4.78 is 25.9. The van der Waals surface area contributed by atoms with Gasteiger partial charge >= 0.3 is 0 Å². The van der Waals surface area contributed by atoms with Crippen molar-refractivity contribution >= 4 is 15.7 Å². The molecule has 7 nitrogen and oxygen atoms in total. The van der Waals surface area contributed by atoms with Crippen LogP contribution >= 0.6 is 0 Å². The number of hydrogen-bond donors (Lipinski definition) is 1. The maximum Gasteiger partial charge on any atom is 0.269 e.